The summed E-state index contributed by atoms with van der Waals surface area (Å²) in [6.45, 7) is 13.3. The highest BCUT2D eigenvalue weighted by Gasteiger charge is 2.33. The minimum absolute atomic E-state index is 0.112. The fourth-order valence-corrected chi connectivity index (χ4v) is 2.90. The smallest absolute Gasteiger partial charge is 0.0576 e. The molecule has 0 aromatic rings. The van der Waals surface area contributed by atoms with Crippen molar-refractivity contribution in [2.75, 3.05) is 33.2 Å². The van der Waals surface area contributed by atoms with Gasteiger partial charge in [0.25, 0.3) is 0 Å². The zero-order chi connectivity index (χ0) is 12.7. The maximum absolute atomic E-state index is 4.39. The van der Waals surface area contributed by atoms with Gasteiger partial charge >= 0.3 is 0 Å². The van der Waals surface area contributed by atoms with Gasteiger partial charge in [0.15, 0.2) is 0 Å². The first-order chi connectivity index (χ1) is 8.20. The molecule has 1 saturated heterocycles. The van der Waals surface area contributed by atoms with Crippen LogP contribution in [-0.4, -0.2) is 43.7 Å². The van der Waals surface area contributed by atoms with E-state index in [1.165, 1.54) is 31.4 Å². The first-order valence-electron chi connectivity index (χ1n) is 7.04. The Morgan fingerprint density at radius 2 is 1.76 bits per heavy atom. The SMILES string of the molecule is C=C(N1CCNCC1)C(CCC)(CCC)NC. The maximum atomic E-state index is 4.39. The van der Waals surface area contributed by atoms with Crippen molar-refractivity contribution < 1.29 is 0 Å². The lowest BCUT2D eigenvalue weighted by atomic mass is 9.85. The number of nitrogens with one attached hydrogen (secondary N) is 2. The third-order valence-corrected chi connectivity index (χ3v) is 3.88. The molecule has 3 heteroatoms. The highest BCUT2D eigenvalue weighted by molar-refractivity contribution is 5.16. The predicted molar refractivity (Wildman–Crippen MR) is 75.2 cm³/mol. The van der Waals surface area contributed by atoms with E-state index >= 15 is 0 Å². The van der Waals surface area contributed by atoms with E-state index in [4.69, 9.17) is 0 Å². The zero-order valence-electron chi connectivity index (χ0n) is 11.8. The van der Waals surface area contributed by atoms with Crippen LogP contribution in [0.5, 0.6) is 0 Å². The summed E-state index contributed by atoms with van der Waals surface area (Å²) < 4.78 is 0. The molecule has 0 spiro atoms. The lowest BCUT2D eigenvalue weighted by Gasteiger charge is -2.43. The summed E-state index contributed by atoms with van der Waals surface area (Å²) in [6, 6.07) is 0. The molecule has 0 aliphatic carbocycles. The van der Waals surface area contributed by atoms with Gasteiger partial charge in [-0.25, -0.2) is 0 Å². The molecule has 1 rings (SSSR count). The Labute approximate surface area is 107 Å². The normalized spacial score (nSPS) is 17.2. The van der Waals surface area contributed by atoms with Crippen molar-refractivity contribution >= 4 is 0 Å². The monoisotopic (exact) mass is 239 g/mol. The molecule has 3 nitrogen and oxygen atoms in total. The molecule has 1 aliphatic heterocycles. The van der Waals surface area contributed by atoms with Gasteiger partial charge in [0, 0.05) is 31.9 Å². The van der Waals surface area contributed by atoms with Gasteiger partial charge in [-0.1, -0.05) is 33.3 Å². The molecule has 0 radical (unpaired) electrons. The number of hydrogen-bond donors (Lipinski definition) is 2. The Morgan fingerprint density at radius 1 is 1.24 bits per heavy atom. The molecule has 0 aromatic heterocycles. The second kappa shape index (κ2) is 7.02. The molecule has 1 fully saturated rings. The van der Waals surface area contributed by atoms with Crippen LogP contribution in [-0.2, 0) is 0 Å². The molecule has 0 amide bonds. The summed E-state index contributed by atoms with van der Waals surface area (Å²) in [5.41, 5.74) is 1.41. The Balaban J connectivity index is 2.75. The molecular formula is C14H29N3. The van der Waals surface area contributed by atoms with E-state index in [1.54, 1.807) is 0 Å². The van der Waals surface area contributed by atoms with Crippen LogP contribution in [0.15, 0.2) is 12.3 Å². The van der Waals surface area contributed by atoms with E-state index in [1.807, 2.05) is 0 Å². The second-order valence-corrected chi connectivity index (χ2v) is 5.02. The molecule has 1 heterocycles. The topological polar surface area (TPSA) is 27.3 Å². The van der Waals surface area contributed by atoms with E-state index in [2.05, 4.69) is 43.0 Å². The Hall–Kier alpha value is -0.540. The van der Waals surface area contributed by atoms with Crippen LogP contribution in [0.2, 0.25) is 0 Å². The highest BCUT2D eigenvalue weighted by atomic mass is 15.2. The van der Waals surface area contributed by atoms with Gasteiger partial charge in [0.2, 0.25) is 0 Å². The van der Waals surface area contributed by atoms with Crippen molar-refractivity contribution in [1.29, 1.82) is 0 Å². The van der Waals surface area contributed by atoms with E-state index < -0.39 is 0 Å². The molecule has 17 heavy (non-hydrogen) atoms. The van der Waals surface area contributed by atoms with Gasteiger partial charge in [0.1, 0.15) is 0 Å². The van der Waals surface area contributed by atoms with Crippen LogP contribution in [0.25, 0.3) is 0 Å². The maximum Gasteiger partial charge on any atom is 0.0576 e. The van der Waals surface area contributed by atoms with Crippen molar-refractivity contribution in [2.45, 2.75) is 45.1 Å². The van der Waals surface area contributed by atoms with Crippen LogP contribution in [0.3, 0.4) is 0 Å². The van der Waals surface area contributed by atoms with E-state index in [0.717, 1.165) is 26.2 Å². The van der Waals surface area contributed by atoms with Crippen molar-refractivity contribution in [3.63, 3.8) is 0 Å². The average Bonchev–Trinajstić information content (AvgIpc) is 2.38. The first kappa shape index (κ1) is 14.5. The van der Waals surface area contributed by atoms with Gasteiger partial charge in [-0.05, 0) is 19.9 Å². The average molecular weight is 239 g/mol. The molecule has 100 valence electrons. The molecule has 0 unspecified atom stereocenters. The first-order valence-corrected chi connectivity index (χ1v) is 7.04. The van der Waals surface area contributed by atoms with Crippen LogP contribution in [0.1, 0.15) is 39.5 Å². The van der Waals surface area contributed by atoms with Crippen LogP contribution >= 0.6 is 0 Å². The lowest BCUT2D eigenvalue weighted by Crippen LogP contribution is -2.53. The van der Waals surface area contributed by atoms with Gasteiger partial charge in [0.05, 0.1) is 5.54 Å². The quantitative estimate of drug-likeness (QED) is 0.711. The predicted octanol–water partition coefficient (Wildman–Crippen LogP) is 1.96. The minimum atomic E-state index is 0.112. The summed E-state index contributed by atoms with van der Waals surface area (Å²) in [6.07, 6.45) is 4.76. The van der Waals surface area contributed by atoms with Crippen molar-refractivity contribution in [2.24, 2.45) is 0 Å². The van der Waals surface area contributed by atoms with E-state index in [-0.39, 0.29) is 5.54 Å². The summed E-state index contributed by atoms with van der Waals surface area (Å²) in [5, 5.41) is 6.95. The van der Waals surface area contributed by atoms with Gasteiger partial charge in [-0.2, -0.15) is 0 Å². The number of nitrogens with zero attached hydrogens (tertiary/aromatic N) is 1. The number of rotatable bonds is 7. The largest absolute Gasteiger partial charge is 0.371 e. The minimum Gasteiger partial charge on any atom is -0.371 e. The van der Waals surface area contributed by atoms with Gasteiger partial charge in [-0.15, -0.1) is 0 Å². The van der Waals surface area contributed by atoms with Gasteiger partial charge in [-0.3, -0.25) is 0 Å². The standard InChI is InChI=1S/C14H29N3/c1-5-7-14(15-4,8-6-2)13(3)17-11-9-16-10-12-17/h15-16H,3,5-12H2,1-2,4H3. The molecule has 0 aromatic carbocycles. The second-order valence-electron chi connectivity index (χ2n) is 5.02. The van der Waals surface area contributed by atoms with E-state index in [9.17, 15) is 0 Å². The number of likely N-dealkylation sites (N-methyl/N-ethyl adjacent to an activating group) is 1. The van der Waals surface area contributed by atoms with Gasteiger partial charge < -0.3 is 15.5 Å². The lowest BCUT2D eigenvalue weighted by molar-refractivity contribution is 0.216. The summed E-state index contributed by atoms with van der Waals surface area (Å²) in [5.74, 6) is 0. The van der Waals surface area contributed by atoms with Crippen LogP contribution in [0.4, 0.5) is 0 Å². The highest BCUT2D eigenvalue weighted by Crippen LogP contribution is 2.29. The molecule has 2 N–H and O–H groups in total. The molecular weight excluding hydrogens is 210 g/mol. The molecule has 1 aliphatic rings. The Bertz CT molecular complexity index is 226. The van der Waals surface area contributed by atoms with Crippen molar-refractivity contribution in [1.82, 2.24) is 15.5 Å². The molecule has 0 saturated carbocycles. The Morgan fingerprint density at radius 3 is 2.18 bits per heavy atom. The molecule has 0 bridgehead atoms. The Kier molecular flexibility index (Phi) is 6.00. The third-order valence-electron chi connectivity index (χ3n) is 3.88. The van der Waals surface area contributed by atoms with E-state index in [0.29, 0.717) is 0 Å². The summed E-state index contributed by atoms with van der Waals surface area (Å²) >= 11 is 0. The van der Waals surface area contributed by atoms with Crippen molar-refractivity contribution in [3.8, 4) is 0 Å². The third kappa shape index (κ3) is 3.46. The molecule has 0 atom stereocenters. The zero-order valence-corrected chi connectivity index (χ0v) is 11.8. The summed E-state index contributed by atoms with van der Waals surface area (Å²) in [7, 11) is 2.08. The fourth-order valence-electron chi connectivity index (χ4n) is 2.90. The fraction of sp³-hybridized carbons (Fsp3) is 0.857. The van der Waals surface area contributed by atoms with Crippen LogP contribution < -0.4 is 10.6 Å². The number of piperazine rings is 1. The number of hydrogen-bond acceptors (Lipinski definition) is 3. The van der Waals surface area contributed by atoms with Crippen molar-refractivity contribution in [3.05, 3.63) is 12.3 Å². The summed E-state index contributed by atoms with van der Waals surface area (Å²) in [4.78, 5) is 2.46. The van der Waals surface area contributed by atoms with Crippen LogP contribution in [0, 0.1) is 0 Å².